The van der Waals surface area contributed by atoms with Crippen molar-refractivity contribution in [1.82, 2.24) is 4.98 Å². The van der Waals surface area contributed by atoms with Crippen molar-refractivity contribution < 1.29 is 24.9 Å². The highest BCUT2D eigenvalue weighted by Gasteiger charge is 2.34. The Morgan fingerprint density at radius 3 is 2.43 bits per heavy atom. The number of carbonyl (C=O) groups is 2. The van der Waals surface area contributed by atoms with Gasteiger partial charge in [-0.25, -0.2) is 9.78 Å². The molecule has 0 saturated carbocycles. The van der Waals surface area contributed by atoms with E-state index in [1.807, 2.05) is 12.1 Å². The highest BCUT2D eigenvalue weighted by Crippen LogP contribution is 2.40. The van der Waals surface area contributed by atoms with Gasteiger partial charge in [0.15, 0.2) is 5.78 Å². The maximum atomic E-state index is 12.8. The van der Waals surface area contributed by atoms with E-state index in [0.717, 1.165) is 10.9 Å². The van der Waals surface area contributed by atoms with E-state index < -0.39 is 11.8 Å². The van der Waals surface area contributed by atoms with E-state index in [1.165, 1.54) is 24.3 Å². The zero-order chi connectivity index (χ0) is 20.2. The van der Waals surface area contributed by atoms with Crippen LogP contribution < -0.4 is 0 Å². The second-order valence-electron chi connectivity index (χ2n) is 7.08. The summed E-state index contributed by atoms with van der Waals surface area (Å²) in [7, 11) is 0. The topological polar surface area (TPSA) is 108 Å². The van der Waals surface area contributed by atoms with Gasteiger partial charge in [0.05, 0.1) is 16.7 Å². The van der Waals surface area contributed by atoms with Gasteiger partial charge >= 0.3 is 5.97 Å². The number of carboxylic acids is 1. The van der Waals surface area contributed by atoms with Crippen molar-refractivity contribution >= 4 is 34.0 Å². The lowest BCUT2D eigenvalue weighted by atomic mass is 9.99. The minimum absolute atomic E-state index is 0.0274. The molecule has 6 heteroatoms. The molecule has 3 N–H and O–H groups in total. The Hall–Kier alpha value is -3.67. The molecule has 0 aliphatic heterocycles. The van der Waals surface area contributed by atoms with Crippen LogP contribution in [0.2, 0.25) is 0 Å². The van der Waals surface area contributed by atoms with E-state index in [4.69, 9.17) is 5.11 Å². The fourth-order valence-corrected chi connectivity index (χ4v) is 3.39. The summed E-state index contributed by atoms with van der Waals surface area (Å²) in [6.45, 7) is 4.12. The van der Waals surface area contributed by atoms with Gasteiger partial charge in [0, 0.05) is 16.5 Å². The molecule has 1 aromatic heterocycles. The summed E-state index contributed by atoms with van der Waals surface area (Å²) >= 11 is 0. The Labute approximate surface area is 160 Å². The molecule has 1 aliphatic carbocycles. The standard InChI is InChI=1S/C22H17NO5/c1-10(2)11-4-6-16-13(7-11)9-17(24)19(23-16)18-20(25)14-5-3-12(22(27)28)8-15(14)21(18)26/h3-10,24,26H,1-2H3,(H,27,28). The molecule has 0 spiro atoms. The Morgan fingerprint density at radius 1 is 1.00 bits per heavy atom. The van der Waals surface area contributed by atoms with Crippen LogP contribution in [0.4, 0.5) is 0 Å². The molecule has 0 saturated heterocycles. The molecule has 0 unspecified atom stereocenters. The lowest BCUT2D eigenvalue weighted by Crippen LogP contribution is -2.02. The number of benzene rings is 2. The molecular weight excluding hydrogens is 358 g/mol. The molecule has 3 aromatic rings. The van der Waals surface area contributed by atoms with Crippen LogP contribution in [0, 0.1) is 0 Å². The first-order valence-electron chi connectivity index (χ1n) is 8.77. The number of fused-ring (bicyclic) bond motifs is 2. The number of aliphatic hydroxyl groups excluding tert-OH is 1. The summed E-state index contributed by atoms with van der Waals surface area (Å²) < 4.78 is 0. The second-order valence-corrected chi connectivity index (χ2v) is 7.08. The van der Waals surface area contributed by atoms with Gasteiger partial charge in [-0.3, -0.25) is 4.79 Å². The van der Waals surface area contributed by atoms with Crippen LogP contribution in [-0.4, -0.2) is 32.1 Å². The van der Waals surface area contributed by atoms with Gasteiger partial charge in [-0.1, -0.05) is 19.9 Å². The summed E-state index contributed by atoms with van der Waals surface area (Å²) in [6.07, 6.45) is 0. The van der Waals surface area contributed by atoms with Crippen LogP contribution in [0.3, 0.4) is 0 Å². The summed E-state index contributed by atoms with van der Waals surface area (Å²) in [4.78, 5) is 28.4. The average molecular weight is 375 g/mol. The Bertz CT molecular complexity index is 1210. The number of allylic oxidation sites excluding steroid dienone is 1. The number of ketones is 1. The number of aromatic hydroxyl groups is 1. The van der Waals surface area contributed by atoms with E-state index in [-0.39, 0.29) is 39.5 Å². The number of aromatic carboxylic acids is 1. The predicted octanol–water partition coefficient (Wildman–Crippen LogP) is 4.38. The summed E-state index contributed by atoms with van der Waals surface area (Å²) in [5.74, 6) is -1.97. The summed E-state index contributed by atoms with van der Waals surface area (Å²) in [5.41, 5.74) is 1.76. The maximum Gasteiger partial charge on any atom is 0.335 e. The van der Waals surface area contributed by atoms with Crippen molar-refractivity contribution in [2.75, 3.05) is 0 Å². The number of rotatable bonds is 3. The molecule has 0 amide bonds. The molecule has 4 rings (SSSR count). The lowest BCUT2D eigenvalue weighted by Gasteiger charge is -2.10. The molecule has 0 bridgehead atoms. The van der Waals surface area contributed by atoms with Crippen LogP contribution in [0.5, 0.6) is 5.75 Å². The molecule has 140 valence electrons. The van der Waals surface area contributed by atoms with Gasteiger partial charge in [-0.2, -0.15) is 0 Å². The first-order valence-corrected chi connectivity index (χ1v) is 8.77. The highest BCUT2D eigenvalue weighted by molar-refractivity contribution is 6.39. The zero-order valence-corrected chi connectivity index (χ0v) is 15.2. The molecule has 28 heavy (non-hydrogen) atoms. The van der Waals surface area contributed by atoms with E-state index in [0.29, 0.717) is 11.4 Å². The molecule has 2 aromatic carbocycles. The van der Waals surface area contributed by atoms with Gasteiger partial charge in [0.25, 0.3) is 0 Å². The smallest absolute Gasteiger partial charge is 0.335 e. The van der Waals surface area contributed by atoms with Crippen LogP contribution in [0.15, 0.2) is 42.5 Å². The number of hydrogen-bond acceptors (Lipinski definition) is 5. The van der Waals surface area contributed by atoms with Crippen LogP contribution in [0.1, 0.15) is 57.3 Å². The first kappa shape index (κ1) is 17.7. The average Bonchev–Trinajstić information content (AvgIpc) is 2.91. The number of aromatic nitrogens is 1. The number of hydrogen-bond donors (Lipinski definition) is 3. The van der Waals surface area contributed by atoms with Crippen molar-refractivity contribution in [2.24, 2.45) is 0 Å². The minimum atomic E-state index is -1.16. The molecule has 0 fully saturated rings. The van der Waals surface area contributed by atoms with Gasteiger partial charge in [0.2, 0.25) is 0 Å². The third-order valence-electron chi connectivity index (χ3n) is 4.95. The molecule has 1 heterocycles. The van der Waals surface area contributed by atoms with Gasteiger partial charge in [0.1, 0.15) is 17.2 Å². The third-order valence-corrected chi connectivity index (χ3v) is 4.95. The van der Waals surface area contributed by atoms with E-state index in [2.05, 4.69) is 18.8 Å². The highest BCUT2D eigenvalue weighted by atomic mass is 16.4. The quantitative estimate of drug-likeness (QED) is 0.627. The van der Waals surface area contributed by atoms with Gasteiger partial charge in [-0.05, 0) is 47.9 Å². The fraction of sp³-hybridized carbons (Fsp3) is 0.136. The number of carbonyl (C=O) groups excluding carboxylic acids is 1. The van der Waals surface area contributed by atoms with Crippen molar-refractivity contribution in [1.29, 1.82) is 0 Å². The molecule has 6 nitrogen and oxygen atoms in total. The van der Waals surface area contributed by atoms with Gasteiger partial charge in [-0.15, -0.1) is 0 Å². The van der Waals surface area contributed by atoms with Crippen molar-refractivity contribution in [3.05, 3.63) is 70.4 Å². The monoisotopic (exact) mass is 375 g/mol. The van der Waals surface area contributed by atoms with Crippen molar-refractivity contribution in [3.63, 3.8) is 0 Å². The van der Waals surface area contributed by atoms with Crippen LogP contribution in [0.25, 0.3) is 22.2 Å². The number of nitrogens with zero attached hydrogens (tertiary/aromatic N) is 1. The lowest BCUT2D eigenvalue weighted by molar-refractivity contribution is 0.0696. The number of aliphatic hydroxyl groups is 1. The van der Waals surface area contributed by atoms with E-state index >= 15 is 0 Å². The molecule has 0 radical (unpaired) electrons. The van der Waals surface area contributed by atoms with Crippen LogP contribution in [-0.2, 0) is 0 Å². The number of carboxylic acid groups (broad SMARTS) is 1. The van der Waals surface area contributed by atoms with E-state index in [9.17, 15) is 19.8 Å². The Morgan fingerprint density at radius 2 is 1.75 bits per heavy atom. The summed E-state index contributed by atoms with van der Waals surface area (Å²) in [6, 6.07) is 11.1. The van der Waals surface area contributed by atoms with E-state index in [1.54, 1.807) is 6.07 Å². The van der Waals surface area contributed by atoms with Crippen molar-refractivity contribution in [3.8, 4) is 5.75 Å². The Kier molecular flexibility index (Phi) is 3.92. The largest absolute Gasteiger partial charge is 0.506 e. The second kappa shape index (κ2) is 6.20. The predicted molar refractivity (Wildman–Crippen MR) is 105 cm³/mol. The Balaban J connectivity index is 1.89. The maximum absolute atomic E-state index is 12.8. The minimum Gasteiger partial charge on any atom is -0.506 e. The number of pyridine rings is 1. The fourth-order valence-electron chi connectivity index (χ4n) is 3.39. The molecular formula is C22H17NO5. The van der Waals surface area contributed by atoms with Crippen LogP contribution >= 0.6 is 0 Å². The summed E-state index contributed by atoms with van der Waals surface area (Å²) in [5, 5.41) is 31.0. The molecule has 0 atom stereocenters. The normalized spacial score (nSPS) is 13.5. The SMILES string of the molecule is CC(C)c1ccc2nc(C3=C(O)c4cc(C(=O)O)ccc4C3=O)c(O)cc2c1. The first-order chi connectivity index (χ1) is 13.3. The molecule has 1 aliphatic rings. The van der Waals surface area contributed by atoms with Crippen molar-refractivity contribution in [2.45, 2.75) is 19.8 Å². The third kappa shape index (κ3) is 2.62. The number of Topliss-reactive ketones (excluding diaryl/α,β-unsaturated/α-hetero) is 1. The van der Waals surface area contributed by atoms with Gasteiger partial charge < -0.3 is 15.3 Å². The zero-order valence-electron chi connectivity index (χ0n) is 15.2.